The van der Waals surface area contributed by atoms with Crippen LogP contribution in [0.25, 0.3) is 0 Å². The molecule has 4 nitrogen and oxygen atoms in total. The summed E-state index contributed by atoms with van der Waals surface area (Å²) < 4.78 is 5.28. The topological polar surface area (TPSA) is 64.9 Å². The zero-order valence-electron chi connectivity index (χ0n) is 10.4. The second-order valence-corrected chi connectivity index (χ2v) is 5.51. The summed E-state index contributed by atoms with van der Waals surface area (Å²) in [6.07, 6.45) is 3.04. The first kappa shape index (κ1) is 11.6. The molecule has 0 aliphatic heterocycles. The summed E-state index contributed by atoms with van der Waals surface area (Å²) in [6.45, 7) is 7.30. The Morgan fingerprint density at radius 2 is 2.25 bits per heavy atom. The van der Waals surface area contributed by atoms with E-state index in [4.69, 9.17) is 10.3 Å². The van der Waals surface area contributed by atoms with E-state index in [2.05, 4.69) is 30.9 Å². The Kier molecular flexibility index (Phi) is 3.02. The molecule has 2 unspecified atom stereocenters. The van der Waals surface area contributed by atoms with Crippen LogP contribution < -0.4 is 5.73 Å². The van der Waals surface area contributed by atoms with Crippen LogP contribution in [0.15, 0.2) is 4.52 Å². The van der Waals surface area contributed by atoms with Gasteiger partial charge in [-0.15, -0.1) is 0 Å². The minimum absolute atomic E-state index is 0.360. The predicted molar refractivity (Wildman–Crippen MR) is 62.0 cm³/mol. The first-order chi connectivity index (χ1) is 7.56. The molecule has 1 aromatic heterocycles. The second kappa shape index (κ2) is 4.17. The van der Waals surface area contributed by atoms with Gasteiger partial charge in [-0.3, -0.25) is 0 Å². The summed E-state index contributed by atoms with van der Waals surface area (Å²) in [4.78, 5) is 4.47. The number of rotatable bonds is 5. The molecule has 1 aromatic rings. The fraction of sp³-hybridized carbons (Fsp3) is 0.833. The van der Waals surface area contributed by atoms with Crippen LogP contribution in [0.1, 0.15) is 51.2 Å². The number of hydrogen-bond acceptors (Lipinski definition) is 4. The Hall–Kier alpha value is -0.900. The minimum atomic E-state index is 0.360. The number of nitrogens with two attached hydrogens (primary N) is 1. The molecule has 90 valence electrons. The Bertz CT molecular complexity index is 355. The van der Waals surface area contributed by atoms with E-state index in [9.17, 15) is 0 Å². The monoisotopic (exact) mass is 223 g/mol. The van der Waals surface area contributed by atoms with Gasteiger partial charge in [-0.1, -0.05) is 32.3 Å². The van der Waals surface area contributed by atoms with E-state index in [1.165, 1.54) is 6.42 Å². The SMILES string of the molecule is CCC(CN)Cc1nc(C2CC2(C)C)no1. The lowest BCUT2D eigenvalue weighted by molar-refractivity contribution is 0.346. The van der Waals surface area contributed by atoms with Crippen molar-refractivity contribution in [3.05, 3.63) is 11.7 Å². The highest BCUT2D eigenvalue weighted by Gasteiger charge is 2.49. The van der Waals surface area contributed by atoms with E-state index < -0.39 is 0 Å². The lowest BCUT2D eigenvalue weighted by Gasteiger charge is -2.07. The highest BCUT2D eigenvalue weighted by atomic mass is 16.5. The predicted octanol–water partition coefficient (Wildman–Crippen LogP) is 2.11. The molecule has 0 spiro atoms. The second-order valence-electron chi connectivity index (χ2n) is 5.51. The van der Waals surface area contributed by atoms with Crippen LogP contribution in [0.3, 0.4) is 0 Å². The third-order valence-electron chi connectivity index (χ3n) is 3.68. The van der Waals surface area contributed by atoms with Crippen LogP contribution in [0, 0.1) is 11.3 Å². The Labute approximate surface area is 96.6 Å². The molecule has 16 heavy (non-hydrogen) atoms. The highest BCUT2D eigenvalue weighted by Crippen LogP contribution is 2.57. The molecule has 0 radical (unpaired) electrons. The van der Waals surface area contributed by atoms with E-state index in [-0.39, 0.29) is 0 Å². The zero-order valence-corrected chi connectivity index (χ0v) is 10.4. The van der Waals surface area contributed by atoms with Crippen molar-refractivity contribution in [2.75, 3.05) is 6.54 Å². The smallest absolute Gasteiger partial charge is 0.226 e. The van der Waals surface area contributed by atoms with E-state index in [0.717, 1.165) is 24.6 Å². The van der Waals surface area contributed by atoms with Gasteiger partial charge in [0.05, 0.1) is 0 Å². The van der Waals surface area contributed by atoms with E-state index >= 15 is 0 Å². The summed E-state index contributed by atoms with van der Waals surface area (Å²) in [5.74, 6) is 2.57. The van der Waals surface area contributed by atoms with Gasteiger partial charge in [0.1, 0.15) is 0 Å². The molecular weight excluding hydrogens is 202 g/mol. The fourth-order valence-corrected chi connectivity index (χ4v) is 2.04. The molecule has 0 saturated heterocycles. The average Bonchev–Trinajstić information content (AvgIpc) is 2.71. The van der Waals surface area contributed by atoms with Gasteiger partial charge in [-0.2, -0.15) is 4.98 Å². The van der Waals surface area contributed by atoms with Crippen molar-refractivity contribution in [3.8, 4) is 0 Å². The first-order valence-electron chi connectivity index (χ1n) is 6.09. The molecule has 4 heteroatoms. The molecule has 2 N–H and O–H groups in total. The zero-order chi connectivity index (χ0) is 11.8. The Morgan fingerprint density at radius 3 is 2.75 bits per heavy atom. The summed E-state index contributed by atoms with van der Waals surface area (Å²) in [5.41, 5.74) is 6.02. The Morgan fingerprint density at radius 1 is 1.56 bits per heavy atom. The largest absolute Gasteiger partial charge is 0.339 e. The van der Waals surface area contributed by atoms with Crippen LogP contribution in [0.2, 0.25) is 0 Å². The molecule has 2 rings (SSSR count). The molecule has 0 bridgehead atoms. The van der Waals surface area contributed by atoms with Gasteiger partial charge in [-0.05, 0) is 24.3 Å². The first-order valence-corrected chi connectivity index (χ1v) is 6.09. The molecule has 1 heterocycles. The van der Waals surface area contributed by atoms with Gasteiger partial charge in [0.2, 0.25) is 5.89 Å². The normalized spacial score (nSPS) is 24.4. The summed E-state index contributed by atoms with van der Waals surface area (Å²) in [5, 5.41) is 4.07. The molecule has 1 fully saturated rings. The van der Waals surface area contributed by atoms with Gasteiger partial charge in [-0.25, -0.2) is 0 Å². The van der Waals surface area contributed by atoms with Crippen molar-refractivity contribution < 1.29 is 4.52 Å². The molecule has 1 saturated carbocycles. The third-order valence-corrected chi connectivity index (χ3v) is 3.68. The standard InChI is InChI=1S/C12H21N3O/c1-4-8(7-13)5-10-14-11(15-16-10)9-6-12(9,2)3/h8-9H,4-7,13H2,1-3H3. The number of aromatic nitrogens is 2. The van der Waals surface area contributed by atoms with Crippen LogP contribution in [0.4, 0.5) is 0 Å². The van der Waals surface area contributed by atoms with Crippen molar-refractivity contribution in [1.29, 1.82) is 0 Å². The van der Waals surface area contributed by atoms with Gasteiger partial charge in [0.25, 0.3) is 0 Å². The van der Waals surface area contributed by atoms with Gasteiger partial charge in [0, 0.05) is 12.3 Å². The maximum absolute atomic E-state index is 5.66. The summed E-state index contributed by atoms with van der Waals surface area (Å²) in [6, 6.07) is 0. The third kappa shape index (κ3) is 2.26. The number of nitrogens with zero attached hydrogens (tertiary/aromatic N) is 2. The Balaban J connectivity index is 1.98. The van der Waals surface area contributed by atoms with Crippen molar-refractivity contribution in [3.63, 3.8) is 0 Å². The lowest BCUT2D eigenvalue weighted by Crippen LogP contribution is -2.16. The maximum atomic E-state index is 5.66. The van der Waals surface area contributed by atoms with Crippen LogP contribution >= 0.6 is 0 Å². The maximum Gasteiger partial charge on any atom is 0.226 e. The van der Waals surface area contributed by atoms with E-state index in [1.54, 1.807) is 0 Å². The average molecular weight is 223 g/mol. The quantitative estimate of drug-likeness (QED) is 0.830. The van der Waals surface area contributed by atoms with Crippen molar-refractivity contribution in [2.45, 2.75) is 46.0 Å². The van der Waals surface area contributed by atoms with Crippen molar-refractivity contribution in [1.82, 2.24) is 10.1 Å². The fourth-order valence-electron chi connectivity index (χ4n) is 2.04. The van der Waals surface area contributed by atoms with Gasteiger partial charge < -0.3 is 10.3 Å². The summed E-state index contributed by atoms with van der Waals surface area (Å²) in [7, 11) is 0. The van der Waals surface area contributed by atoms with Crippen LogP contribution in [0.5, 0.6) is 0 Å². The van der Waals surface area contributed by atoms with Gasteiger partial charge in [0.15, 0.2) is 5.82 Å². The van der Waals surface area contributed by atoms with Gasteiger partial charge >= 0.3 is 0 Å². The molecular formula is C12H21N3O. The molecule has 1 aliphatic rings. The van der Waals surface area contributed by atoms with E-state index in [1.807, 2.05) is 0 Å². The molecule has 2 atom stereocenters. The lowest BCUT2D eigenvalue weighted by atomic mass is 10.0. The molecule has 0 amide bonds. The molecule has 1 aliphatic carbocycles. The van der Waals surface area contributed by atoms with Crippen molar-refractivity contribution in [2.24, 2.45) is 17.1 Å². The van der Waals surface area contributed by atoms with Crippen LogP contribution in [-0.4, -0.2) is 16.7 Å². The molecule has 0 aromatic carbocycles. The summed E-state index contributed by atoms with van der Waals surface area (Å²) >= 11 is 0. The van der Waals surface area contributed by atoms with E-state index in [0.29, 0.717) is 23.8 Å². The van der Waals surface area contributed by atoms with Crippen LogP contribution in [-0.2, 0) is 6.42 Å². The van der Waals surface area contributed by atoms with Crippen molar-refractivity contribution >= 4 is 0 Å². The minimum Gasteiger partial charge on any atom is -0.339 e. The number of hydrogen-bond donors (Lipinski definition) is 1. The highest BCUT2D eigenvalue weighted by molar-refractivity contribution is 5.14.